The van der Waals surface area contributed by atoms with E-state index in [9.17, 15) is 0 Å². The van der Waals surface area contributed by atoms with E-state index in [1.54, 1.807) is 0 Å². The van der Waals surface area contributed by atoms with Gasteiger partial charge in [-0.05, 0) is 62.6 Å². The molecule has 162 valence electrons. The zero-order valence-corrected chi connectivity index (χ0v) is 20.3. The second-order valence-corrected chi connectivity index (χ2v) is 10.7. The minimum Gasteiger partial charge on any atom is -0.365 e. The summed E-state index contributed by atoms with van der Waals surface area (Å²) in [5.74, 6) is 1.08. The SMILES string of the molecule is CCC1CSC2=NC(c3ccccn3)C(c3cc4c(cc3Cl)N(C)C(C)(C)C=C4C)N21. The van der Waals surface area contributed by atoms with E-state index < -0.39 is 0 Å². The van der Waals surface area contributed by atoms with Gasteiger partial charge in [0, 0.05) is 41.3 Å². The molecule has 0 N–H and O–H groups in total. The van der Waals surface area contributed by atoms with Gasteiger partial charge >= 0.3 is 0 Å². The van der Waals surface area contributed by atoms with Gasteiger partial charge in [0.2, 0.25) is 0 Å². The highest BCUT2D eigenvalue weighted by Gasteiger charge is 2.46. The van der Waals surface area contributed by atoms with E-state index in [1.165, 1.54) is 16.8 Å². The Hall–Kier alpha value is -1.98. The van der Waals surface area contributed by atoms with E-state index in [1.807, 2.05) is 30.1 Å². The van der Waals surface area contributed by atoms with Gasteiger partial charge in [-0.2, -0.15) is 0 Å². The fourth-order valence-corrected chi connectivity index (χ4v) is 6.71. The van der Waals surface area contributed by atoms with Gasteiger partial charge in [-0.1, -0.05) is 42.4 Å². The molecule has 1 saturated heterocycles. The first-order valence-corrected chi connectivity index (χ1v) is 12.3. The molecular weight excluding hydrogens is 424 g/mol. The van der Waals surface area contributed by atoms with Crippen molar-refractivity contribution in [3.05, 3.63) is 64.4 Å². The Balaban J connectivity index is 1.66. The zero-order chi connectivity index (χ0) is 21.9. The van der Waals surface area contributed by atoms with Crippen molar-refractivity contribution in [1.29, 1.82) is 0 Å². The van der Waals surface area contributed by atoms with Gasteiger partial charge in [0.25, 0.3) is 0 Å². The maximum Gasteiger partial charge on any atom is 0.160 e. The Morgan fingerprint density at radius 2 is 2.06 bits per heavy atom. The third-order valence-electron chi connectivity index (χ3n) is 6.98. The molecule has 5 rings (SSSR count). The molecule has 0 aliphatic carbocycles. The standard InChI is InChI=1S/C25H29ClN4S/c1-6-16-14-31-24-28-22(20-9-7-8-10-27-20)23(30(16)24)18-11-17-15(2)13-25(3,4)29(5)21(17)12-19(18)26/h7-13,16,22-23H,6,14H2,1-5H3. The van der Waals surface area contributed by atoms with Crippen LogP contribution in [0.3, 0.4) is 0 Å². The summed E-state index contributed by atoms with van der Waals surface area (Å²) in [6.07, 6.45) is 5.30. The highest BCUT2D eigenvalue weighted by atomic mass is 35.5. The van der Waals surface area contributed by atoms with Gasteiger partial charge in [0.1, 0.15) is 6.04 Å². The number of halogens is 1. The van der Waals surface area contributed by atoms with E-state index in [2.05, 4.69) is 73.8 Å². The number of aromatic nitrogens is 1. The second kappa shape index (κ2) is 7.56. The van der Waals surface area contributed by atoms with Crippen LogP contribution in [0.25, 0.3) is 5.57 Å². The van der Waals surface area contributed by atoms with Crippen LogP contribution in [0.5, 0.6) is 0 Å². The third-order valence-corrected chi connectivity index (χ3v) is 8.44. The van der Waals surface area contributed by atoms with Crippen LogP contribution in [0.2, 0.25) is 5.02 Å². The predicted molar refractivity (Wildman–Crippen MR) is 133 cm³/mol. The fourth-order valence-electron chi connectivity index (χ4n) is 5.10. The lowest BCUT2D eigenvalue weighted by atomic mass is 9.86. The van der Waals surface area contributed by atoms with Crippen LogP contribution < -0.4 is 4.90 Å². The lowest BCUT2D eigenvalue weighted by Crippen LogP contribution is -2.42. The van der Waals surface area contributed by atoms with Crippen molar-refractivity contribution in [1.82, 2.24) is 9.88 Å². The molecular formula is C25H29ClN4S. The lowest BCUT2D eigenvalue weighted by Gasteiger charge is -2.41. The smallest absolute Gasteiger partial charge is 0.160 e. The quantitative estimate of drug-likeness (QED) is 0.543. The van der Waals surface area contributed by atoms with Crippen molar-refractivity contribution in [2.45, 2.75) is 57.8 Å². The topological polar surface area (TPSA) is 31.7 Å². The number of benzene rings is 1. The second-order valence-electron chi connectivity index (χ2n) is 9.27. The maximum atomic E-state index is 7.03. The molecule has 31 heavy (non-hydrogen) atoms. The Bertz CT molecular complexity index is 1080. The van der Waals surface area contributed by atoms with Crippen LogP contribution in [0.4, 0.5) is 5.69 Å². The molecule has 3 atom stereocenters. The molecule has 0 amide bonds. The van der Waals surface area contributed by atoms with Crippen LogP contribution in [-0.2, 0) is 0 Å². The van der Waals surface area contributed by atoms with E-state index in [-0.39, 0.29) is 17.6 Å². The number of pyridine rings is 1. The molecule has 4 heterocycles. The molecule has 6 heteroatoms. The van der Waals surface area contributed by atoms with Crippen LogP contribution >= 0.6 is 23.4 Å². The molecule has 3 unspecified atom stereocenters. The summed E-state index contributed by atoms with van der Waals surface area (Å²) in [5.41, 5.74) is 5.86. The molecule has 4 nitrogen and oxygen atoms in total. The van der Waals surface area contributed by atoms with Gasteiger partial charge < -0.3 is 9.80 Å². The third kappa shape index (κ3) is 3.28. The number of anilines is 1. The number of rotatable bonds is 3. The maximum absolute atomic E-state index is 7.03. The molecule has 2 aromatic rings. The molecule has 3 aliphatic heterocycles. The summed E-state index contributed by atoms with van der Waals surface area (Å²) in [7, 11) is 2.15. The molecule has 0 saturated carbocycles. The molecule has 0 bridgehead atoms. The van der Waals surface area contributed by atoms with Gasteiger partial charge in [-0.15, -0.1) is 0 Å². The monoisotopic (exact) mass is 452 g/mol. The molecule has 1 aromatic carbocycles. The van der Waals surface area contributed by atoms with Crippen molar-refractivity contribution >= 4 is 39.8 Å². The van der Waals surface area contributed by atoms with E-state index in [0.29, 0.717) is 6.04 Å². The summed E-state index contributed by atoms with van der Waals surface area (Å²) in [4.78, 5) is 14.6. The number of hydrogen-bond donors (Lipinski definition) is 0. The van der Waals surface area contributed by atoms with Gasteiger partial charge in [-0.25, -0.2) is 0 Å². The summed E-state index contributed by atoms with van der Waals surface area (Å²) in [6.45, 7) is 8.95. The lowest BCUT2D eigenvalue weighted by molar-refractivity contribution is 0.255. The summed E-state index contributed by atoms with van der Waals surface area (Å²) < 4.78 is 0. The molecule has 0 radical (unpaired) electrons. The van der Waals surface area contributed by atoms with Crippen molar-refractivity contribution < 1.29 is 0 Å². The molecule has 3 aliphatic rings. The van der Waals surface area contributed by atoms with Crippen molar-refractivity contribution in [2.75, 3.05) is 17.7 Å². The van der Waals surface area contributed by atoms with E-state index >= 15 is 0 Å². The molecule has 0 spiro atoms. The number of thioether (sulfide) groups is 1. The highest BCUT2D eigenvalue weighted by molar-refractivity contribution is 8.14. The minimum atomic E-state index is -0.0457. The number of nitrogens with zero attached hydrogens (tertiary/aromatic N) is 4. The number of aliphatic imine (C=N–C) groups is 1. The Labute approximate surface area is 194 Å². The van der Waals surface area contributed by atoms with Crippen molar-refractivity contribution in [3.63, 3.8) is 0 Å². The van der Waals surface area contributed by atoms with E-state index in [4.69, 9.17) is 16.6 Å². The summed E-state index contributed by atoms with van der Waals surface area (Å²) in [5, 5.41) is 1.94. The van der Waals surface area contributed by atoms with Crippen molar-refractivity contribution in [2.24, 2.45) is 4.99 Å². The normalized spacial score (nSPS) is 26.5. The first kappa shape index (κ1) is 20.9. The summed E-state index contributed by atoms with van der Waals surface area (Å²) >= 11 is 8.89. The number of allylic oxidation sites excluding steroid dienone is 1. The number of amidine groups is 1. The van der Waals surface area contributed by atoms with Crippen molar-refractivity contribution in [3.8, 4) is 0 Å². The summed E-state index contributed by atoms with van der Waals surface area (Å²) in [6, 6.07) is 11.0. The number of fused-ring (bicyclic) bond motifs is 2. The minimum absolute atomic E-state index is 0.0407. The van der Waals surface area contributed by atoms with Gasteiger partial charge in [0.15, 0.2) is 5.17 Å². The molecule has 1 fully saturated rings. The average Bonchev–Trinajstić information content (AvgIpc) is 3.31. The van der Waals surface area contributed by atoms with Gasteiger partial charge in [-0.3, -0.25) is 9.98 Å². The zero-order valence-electron chi connectivity index (χ0n) is 18.8. The first-order chi connectivity index (χ1) is 14.8. The largest absolute Gasteiger partial charge is 0.365 e. The Morgan fingerprint density at radius 3 is 2.77 bits per heavy atom. The average molecular weight is 453 g/mol. The number of likely N-dealkylation sites (N-methyl/N-ethyl adjacent to an activating group) is 1. The van der Waals surface area contributed by atoms with Gasteiger partial charge in [0.05, 0.1) is 17.3 Å². The van der Waals surface area contributed by atoms with Crippen LogP contribution in [0, 0.1) is 0 Å². The highest BCUT2D eigenvalue weighted by Crippen LogP contribution is 2.51. The Kier molecular flexibility index (Phi) is 5.10. The van der Waals surface area contributed by atoms with Crippen LogP contribution in [0.15, 0.2) is 47.6 Å². The first-order valence-electron chi connectivity index (χ1n) is 11.0. The van der Waals surface area contributed by atoms with Crippen LogP contribution in [-0.4, -0.2) is 39.4 Å². The van der Waals surface area contributed by atoms with Crippen LogP contribution in [0.1, 0.15) is 63.0 Å². The fraction of sp³-hybridized carbons (Fsp3) is 0.440. The molecule has 1 aromatic heterocycles. The number of hydrogen-bond acceptors (Lipinski definition) is 5. The predicted octanol–water partition coefficient (Wildman–Crippen LogP) is 6.35. The Morgan fingerprint density at radius 1 is 1.26 bits per heavy atom. The van der Waals surface area contributed by atoms with E-state index in [0.717, 1.165) is 33.6 Å².